The van der Waals surface area contributed by atoms with E-state index in [-0.39, 0.29) is 4.90 Å². The van der Waals surface area contributed by atoms with Crippen molar-refractivity contribution in [1.82, 2.24) is 0 Å². The van der Waals surface area contributed by atoms with E-state index in [1.807, 2.05) is 6.92 Å². The fourth-order valence-corrected chi connectivity index (χ4v) is 3.80. The molecule has 1 saturated heterocycles. The SMILES string of the molecule is Cc1ccc(S(=O)(=O)OC2(C3CCC3)COC2)cc1. The first-order valence-corrected chi connectivity index (χ1v) is 8.03. The second kappa shape index (κ2) is 4.58. The molecule has 0 N–H and O–H groups in total. The number of hydrogen-bond donors (Lipinski definition) is 0. The fourth-order valence-electron chi connectivity index (χ4n) is 2.56. The van der Waals surface area contributed by atoms with E-state index in [2.05, 4.69) is 0 Å². The standard InChI is InChI=1S/C14H18O4S/c1-11-5-7-13(8-6-11)19(15,16)18-14(9-17-10-14)12-3-2-4-12/h5-8,12H,2-4,9-10H2,1H3. The molecule has 1 saturated carbocycles. The minimum Gasteiger partial charge on any atom is -0.375 e. The van der Waals surface area contributed by atoms with Crippen LogP contribution in [0.25, 0.3) is 0 Å². The molecule has 0 bridgehead atoms. The first-order chi connectivity index (χ1) is 9.02. The lowest BCUT2D eigenvalue weighted by Gasteiger charge is -2.49. The van der Waals surface area contributed by atoms with Crippen LogP contribution < -0.4 is 0 Å². The van der Waals surface area contributed by atoms with Crippen molar-refractivity contribution >= 4 is 10.1 Å². The van der Waals surface area contributed by atoms with E-state index in [1.165, 1.54) is 0 Å². The minimum atomic E-state index is -3.70. The molecule has 4 nitrogen and oxygen atoms in total. The highest BCUT2D eigenvalue weighted by molar-refractivity contribution is 7.86. The van der Waals surface area contributed by atoms with Crippen molar-refractivity contribution in [2.24, 2.45) is 5.92 Å². The van der Waals surface area contributed by atoms with Crippen molar-refractivity contribution in [3.8, 4) is 0 Å². The van der Waals surface area contributed by atoms with E-state index >= 15 is 0 Å². The Bertz CT molecular complexity index is 554. The molecule has 0 spiro atoms. The van der Waals surface area contributed by atoms with E-state index in [0.717, 1.165) is 24.8 Å². The Labute approximate surface area is 113 Å². The zero-order valence-electron chi connectivity index (χ0n) is 11.0. The molecule has 0 amide bonds. The predicted octanol–water partition coefficient (Wildman–Crippen LogP) is 2.27. The molecule has 1 aliphatic heterocycles. The van der Waals surface area contributed by atoms with Crippen LogP contribution in [0.5, 0.6) is 0 Å². The summed E-state index contributed by atoms with van der Waals surface area (Å²) in [5, 5.41) is 0. The normalized spacial score (nSPS) is 22.6. The second-order valence-corrected chi connectivity index (χ2v) is 7.08. The molecule has 19 heavy (non-hydrogen) atoms. The number of ether oxygens (including phenoxy) is 1. The van der Waals surface area contributed by atoms with Gasteiger partial charge in [0.25, 0.3) is 10.1 Å². The highest BCUT2D eigenvalue weighted by atomic mass is 32.2. The zero-order chi connectivity index (χ0) is 13.5. The lowest BCUT2D eigenvalue weighted by molar-refractivity contribution is -0.201. The largest absolute Gasteiger partial charge is 0.375 e. The average Bonchev–Trinajstić information content (AvgIpc) is 2.24. The Morgan fingerprint density at radius 3 is 2.26 bits per heavy atom. The molecule has 0 unspecified atom stereocenters. The Hall–Kier alpha value is -0.910. The Morgan fingerprint density at radius 2 is 1.84 bits per heavy atom. The summed E-state index contributed by atoms with van der Waals surface area (Å²) in [6, 6.07) is 6.75. The molecular weight excluding hydrogens is 264 g/mol. The first-order valence-electron chi connectivity index (χ1n) is 6.62. The van der Waals surface area contributed by atoms with Crippen molar-refractivity contribution in [3.05, 3.63) is 29.8 Å². The number of benzene rings is 1. The third-order valence-electron chi connectivity index (χ3n) is 4.13. The molecule has 1 aromatic rings. The summed E-state index contributed by atoms with van der Waals surface area (Å²) >= 11 is 0. The summed E-state index contributed by atoms with van der Waals surface area (Å²) in [6.07, 6.45) is 3.22. The molecule has 1 aromatic carbocycles. The Morgan fingerprint density at radius 1 is 1.21 bits per heavy atom. The third kappa shape index (κ3) is 2.30. The lowest BCUT2D eigenvalue weighted by atomic mass is 9.72. The van der Waals surface area contributed by atoms with Crippen molar-refractivity contribution < 1.29 is 17.3 Å². The molecule has 5 heteroatoms. The van der Waals surface area contributed by atoms with Crippen molar-refractivity contribution in [2.75, 3.05) is 13.2 Å². The smallest absolute Gasteiger partial charge is 0.297 e. The predicted molar refractivity (Wildman–Crippen MR) is 70.3 cm³/mol. The molecule has 2 fully saturated rings. The Balaban J connectivity index is 1.82. The van der Waals surface area contributed by atoms with Gasteiger partial charge >= 0.3 is 0 Å². The van der Waals surface area contributed by atoms with Gasteiger partial charge in [0.05, 0.1) is 18.1 Å². The fraction of sp³-hybridized carbons (Fsp3) is 0.571. The van der Waals surface area contributed by atoms with Gasteiger partial charge in [0.1, 0.15) is 5.60 Å². The summed E-state index contributed by atoms with van der Waals surface area (Å²) in [7, 11) is -3.70. The molecule has 0 radical (unpaired) electrons. The molecule has 104 valence electrons. The summed E-state index contributed by atoms with van der Waals surface area (Å²) < 4.78 is 35.4. The summed E-state index contributed by atoms with van der Waals surface area (Å²) in [5.74, 6) is 0.321. The summed E-state index contributed by atoms with van der Waals surface area (Å²) in [5.41, 5.74) is 0.418. The number of rotatable bonds is 4. The summed E-state index contributed by atoms with van der Waals surface area (Å²) in [6.45, 7) is 2.71. The highest BCUT2D eigenvalue weighted by Gasteiger charge is 2.52. The van der Waals surface area contributed by atoms with Gasteiger partial charge in [-0.05, 0) is 37.8 Å². The number of hydrogen-bond acceptors (Lipinski definition) is 4. The minimum absolute atomic E-state index is 0.226. The van der Waals surface area contributed by atoms with E-state index < -0.39 is 15.7 Å². The van der Waals surface area contributed by atoms with Crippen LogP contribution in [0.3, 0.4) is 0 Å². The highest BCUT2D eigenvalue weighted by Crippen LogP contribution is 2.44. The average molecular weight is 282 g/mol. The van der Waals surface area contributed by atoms with Gasteiger partial charge in [0.2, 0.25) is 0 Å². The van der Waals surface area contributed by atoms with Crippen LogP contribution in [0.4, 0.5) is 0 Å². The van der Waals surface area contributed by atoms with Gasteiger partial charge in [-0.15, -0.1) is 0 Å². The second-order valence-electron chi connectivity index (χ2n) is 5.54. The zero-order valence-corrected chi connectivity index (χ0v) is 11.8. The maximum absolute atomic E-state index is 12.3. The monoisotopic (exact) mass is 282 g/mol. The number of aryl methyl sites for hydroxylation is 1. The van der Waals surface area contributed by atoms with Crippen LogP contribution >= 0.6 is 0 Å². The third-order valence-corrected chi connectivity index (χ3v) is 5.53. The van der Waals surface area contributed by atoms with Crippen molar-refractivity contribution in [3.63, 3.8) is 0 Å². The Kier molecular flexibility index (Phi) is 3.15. The molecule has 3 rings (SSSR count). The van der Waals surface area contributed by atoms with Gasteiger partial charge < -0.3 is 4.74 Å². The maximum atomic E-state index is 12.3. The van der Waals surface area contributed by atoms with Gasteiger partial charge in [0.15, 0.2) is 0 Å². The van der Waals surface area contributed by atoms with Gasteiger partial charge in [-0.25, -0.2) is 0 Å². The van der Waals surface area contributed by atoms with Crippen LogP contribution in [0, 0.1) is 12.8 Å². The molecule has 1 heterocycles. The summed E-state index contributed by atoms with van der Waals surface area (Å²) in [4.78, 5) is 0.226. The molecule has 1 aliphatic carbocycles. The van der Waals surface area contributed by atoms with Crippen LogP contribution in [-0.4, -0.2) is 27.2 Å². The van der Waals surface area contributed by atoms with Crippen molar-refractivity contribution in [2.45, 2.75) is 36.7 Å². The van der Waals surface area contributed by atoms with E-state index in [9.17, 15) is 8.42 Å². The van der Waals surface area contributed by atoms with Crippen molar-refractivity contribution in [1.29, 1.82) is 0 Å². The molecule has 2 aliphatic rings. The van der Waals surface area contributed by atoms with Crippen LogP contribution in [0.2, 0.25) is 0 Å². The van der Waals surface area contributed by atoms with Crippen LogP contribution in [-0.2, 0) is 19.0 Å². The van der Waals surface area contributed by atoms with Gasteiger partial charge in [-0.1, -0.05) is 24.1 Å². The van der Waals surface area contributed by atoms with E-state index in [1.54, 1.807) is 24.3 Å². The van der Waals surface area contributed by atoms with Gasteiger partial charge in [-0.3, -0.25) is 4.18 Å². The van der Waals surface area contributed by atoms with Crippen LogP contribution in [0.15, 0.2) is 29.2 Å². The lowest BCUT2D eigenvalue weighted by Crippen LogP contribution is -2.59. The molecule has 0 aromatic heterocycles. The van der Waals surface area contributed by atoms with Crippen LogP contribution in [0.1, 0.15) is 24.8 Å². The van der Waals surface area contributed by atoms with Gasteiger partial charge in [-0.2, -0.15) is 8.42 Å². The quantitative estimate of drug-likeness (QED) is 0.795. The van der Waals surface area contributed by atoms with Gasteiger partial charge in [0, 0.05) is 0 Å². The van der Waals surface area contributed by atoms with E-state index in [4.69, 9.17) is 8.92 Å². The topological polar surface area (TPSA) is 52.6 Å². The maximum Gasteiger partial charge on any atom is 0.297 e. The molecule has 0 atom stereocenters. The molecular formula is C14H18O4S. The van der Waals surface area contributed by atoms with E-state index in [0.29, 0.717) is 19.1 Å². The first kappa shape index (κ1) is 13.1.